The minimum atomic E-state index is -2.84. The Kier molecular flexibility index (Phi) is 6.42. The van der Waals surface area contributed by atoms with Gasteiger partial charge in [0.25, 0.3) is 6.43 Å². The van der Waals surface area contributed by atoms with Gasteiger partial charge in [-0.25, -0.2) is 32.5 Å². The number of nitrogen functional groups attached to an aromatic ring is 1. The van der Waals surface area contributed by atoms with E-state index < -0.39 is 29.2 Å². The molecule has 0 saturated carbocycles. The average Bonchev–Trinajstić information content (AvgIpc) is 3.22. The number of hydrogen-bond donors (Lipinski definition) is 1. The molecule has 178 valence electrons. The van der Waals surface area contributed by atoms with Crippen LogP contribution in [0.4, 0.5) is 23.4 Å². The maximum Gasteiger partial charge on any atom is 0.274 e. The second kappa shape index (κ2) is 9.29. The smallest absolute Gasteiger partial charge is 0.274 e. The Morgan fingerprint density at radius 1 is 1.15 bits per heavy atom. The summed E-state index contributed by atoms with van der Waals surface area (Å²) in [6, 6.07) is 3.36. The molecular formula is C21H17ClF4N6O2. The van der Waals surface area contributed by atoms with Gasteiger partial charge in [0, 0.05) is 18.2 Å². The first-order valence-corrected chi connectivity index (χ1v) is 10.2. The zero-order valence-corrected chi connectivity index (χ0v) is 18.5. The molecule has 2 aromatic carbocycles. The molecule has 1 atom stereocenters. The highest BCUT2D eigenvalue weighted by atomic mass is 35.5. The summed E-state index contributed by atoms with van der Waals surface area (Å²) < 4.78 is 68.1. The molecule has 2 heterocycles. The van der Waals surface area contributed by atoms with E-state index in [9.17, 15) is 17.6 Å². The summed E-state index contributed by atoms with van der Waals surface area (Å²) in [5, 5.41) is 3.44. The topological polar surface area (TPSA) is 101 Å². The molecule has 8 nitrogen and oxygen atoms in total. The minimum absolute atomic E-state index is 0.0586. The number of fused-ring (bicyclic) bond motifs is 1. The van der Waals surface area contributed by atoms with Crippen LogP contribution < -0.4 is 15.2 Å². The van der Waals surface area contributed by atoms with Gasteiger partial charge < -0.3 is 15.2 Å². The summed E-state index contributed by atoms with van der Waals surface area (Å²) in [7, 11) is 1.66. The van der Waals surface area contributed by atoms with Crippen LogP contribution in [0, 0.1) is 11.6 Å². The van der Waals surface area contributed by atoms with E-state index in [4.69, 9.17) is 26.8 Å². The van der Waals surface area contributed by atoms with E-state index in [2.05, 4.69) is 20.1 Å². The standard InChI is InChI=1S/C21H17ClF4N6O2/c1-9(20(25)26)34-13-5-11(10-3-4-12(23)16(22)17(10)24)18-15(21(27)29-7-28-18)19(13)33-6-14-30-8-32(2)31-14/h3-5,7-9,20H,6H2,1-2H3,(H2,27,28,29). The SMILES string of the molecule is CC(Oc1cc(-c2ccc(F)c(Cl)c2F)c2ncnc(N)c2c1OCc1ncn(C)n1)C(F)F. The predicted molar refractivity (Wildman–Crippen MR) is 116 cm³/mol. The summed E-state index contributed by atoms with van der Waals surface area (Å²) in [6.07, 6.45) is -1.82. The maximum atomic E-state index is 14.9. The van der Waals surface area contributed by atoms with E-state index in [-0.39, 0.29) is 46.0 Å². The molecule has 0 aliphatic heterocycles. The van der Waals surface area contributed by atoms with E-state index in [1.54, 1.807) is 7.05 Å². The Morgan fingerprint density at radius 3 is 2.59 bits per heavy atom. The van der Waals surface area contributed by atoms with Crippen molar-refractivity contribution in [3.63, 3.8) is 0 Å². The summed E-state index contributed by atoms with van der Waals surface area (Å²) in [6.45, 7) is 0.985. The number of benzene rings is 2. The Hall–Kier alpha value is -3.67. The molecule has 1 unspecified atom stereocenters. The monoisotopic (exact) mass is 496 g/mol. The molecule has 0 spiro atoms. The van der Waals surface area contributed by atoms with E-state index >= 15 is 0 Å². The van der Waals surface area contributed by atoms with Crippen molar-refractivity contribution in [3.05, 3.63) is 53.3 Å². The number of aromatic nitrogens is 5. The molecule has 0 aliphatic carbocycles. The summed E-state index contributed by atoms with van der Waals surface area (Å²) >= 11 is 5.75. The maximum absolute atomic E-state index is 14.9. The van der Waals surface area contributed by atoms with Gasteiger partial charge in [-0.05, 0) is 25.1 Å². The summed E-state index contributed by atoms with van der Waals surface area (Å²) in [4.78, 5) is 12.2. The zero-order valence-electron chi connectivity index (χ0n) is 17.8. The average molecular weight is 497 g/mol. The Labute approximate surface area is 195 Å². The van der Waals surface area contributed by atoms with Crippen molar-refractivity contribution < 1.29 is 27.0 Å². The molecule has 13 heteroatoms. The van der Waals surface area contributed by atoms with Gasteiger partial charge in [0.15, 0.2) is 29.2 Å². The van der Waals surface area contributed by atoms with Gasteiger partial charge in [0.1, 0.15) is 35.9 Å². The third kappa shape index (κ3) is 4.40. The third-order valence-electron chi connectivity index (χ3n) is 4.84. The predicted octanol–water partition coefficient (Wildman–Crippen LogP) is 4.55. The lowest BCUT2D eigenvalue weighted by Gasteiger charge is -2.20. The lowest BCUT2D eigenvalue weighted by atomic mass is 10.00. The fourth-order valence-corrected chi connectivity index (χ4v) is 3.39. The molecule has 2 aromatic heterocycles. The van der Waals surface area contributed by atoms with Crippen LogP contribution in [0.5, 0.6) is 11.5 Å². The van der Waals surface area contributed by atoms with Crippen molar-refractivity contribution in [3.8, 4) is 22.6 Å². The van der Waals surface area contributed by atoms with Crippen molar-refractivity contribution >= 4 is 28.3 Å². The highest BCUT2D eigenvalue weighted by Gasteiger charge is 2.26. The van der Waals surface area contributed by atoms with Crippen LogP contribution in [0.2, 0.25) is 5.02 Å². The van der Waals surface area contributed by atoms with Crippen molar-refractivity contribution in [2.24, 2.45) is 7.05 Å². The number of nitrogens with zero attached hydrogens (tertiary/aromatic N) is 5. The van der Waals surface area contributed by atoms with Gasteiger partial charge >= 0.3 is 0 Å². The van der Waals surface area contributed by atoms with Crippen LogP contribution in [0.3, 0.4) is 0 Å². The van der Waals surface area contributed by atoms with Crippen molar-refractivity contribution in [1.82, 2.24) is 24.7 Å². The van der Waals surface area contributed by atoms with Crippen LogP contribution in [0.15, 0.2) is 30.9 Å². The molecular weight excluding hydrogens is 480 g/mol. The lowest BCUT2D eigenvalue weighted by molar-refractivity contribution is 0.0210. The molecule has 4 rings (SSSR count). The Bertz CT molecular complexity index is 1370. The Morgan fingerprint density at radius 2 is 1.91 bits per heavy atom. The van der Waals surface area contributed by atoms with Gasteiger partial charge in [-0.2, -0.15) is 5.10 Å². The third-order valence-corrected chi connectivity index (χ3v) is 5.19. The van der Waals surface area contributed by atoms with Gasteiger partial charge in [-0.3, -0.25) is 4.68 Å². The second-order valence-electron chi connectivity index (χ2n) is 7.24. The fraction of sp³-hybridized carbons (Fsp3) is 0.238. The number of nitrogens with two attached hydrogens (primary N) is 1. The van der Waals surface area contributed by atoms with E-state index in [0.717, 1.165) is 25.4 Å². The highest BCUT2D eigenvalue weighted by molar-refractivity contribution is 6.31. The van der Waals surface area contributed by atoms with Crippen LogP contribution >= 0.6 is 11.6 Å². The molecule has 34 heavy (non-hydrogen) atoms. The summed E-state index contributed by atoms with van der Waals surface area (Å²) in [5.74, 6) is -2.08. The van der Waals surface area contributed by atoms with Crippen LogP contribution in [-0.2, 0) is 13.7 Å². The molecule has 0 aliphatic rings. The normalized spacial score (nSPS) is 12.4. The van der Waals surface area contributed by atoms with Gasteiger partial charge in [0.2, 0.25) is 0 Å². The van der Waals surface area contributed by atoms with E-state index in [0.29, 0.717) is 5.82 Å². The molecule has 4 aromatic rings. The van der Waals surface area contributed by atoms with Crippen molar-refractivity contribution in [1.29, 1.82) is 0 Å². The quantitative estimate of drug-likeness (QED) is 0.296. The van der Waals surface area contributed by atoms with Crippen molar-refractivity contribution in [2.75, 3.05) is 5.73 Å². The fourth-order valence-electron chi connectivity index (χ4n) is 3.22. The van der Waals surface area contributed by atoms with Gasteiger partial charge in [-0.15, -0.1) is 0 Å². The number of anilines is 1. The lowest BCUT2D eigenvalue weighted by Crippen LogP contribution is -2.21. The van der Waals surface area contributed by atoms with E-state index in [1.165, 1.54) is 17.1 Å². The van der Waals surface area contributed by atoms with Crippen LogP contribution in [0.1, 0.15) is 12.7 Å². The van der Waals surface area contributed by atoms with Crippen LogP contribution in [-0.4, -0.2) is 37.3 Å². The molecule has 2 N–H and O–H groups in total. The second-order valence-corrected chi connectivity index (χ2v) is 7.62. The van der Waals surface area contributed by atoms with E-state index in [1.807, 2.05) is 0 Å². The number of rotatable bonds is 7. The van der Waals surface area contributed by atoms with Gasteiger partial charge in [-0.1, -0.05) is 11.6 Å². The molecule has 0 amide bonds. The Balaban J connectivity index is 1.95. The number of alkyl halides is 2. The van der Waals surface area contributed by atoms with Gasteiger partial charge in [0.05, 0.1) is 10.9 Å². The number of hydrogen-bond acceptors (Lipinski definition) is 7. The van der Waals surface area contributed by atoms with Crippen molar-refractivity contribution in [2.45, 2.75) is 26.1 Å². The zero-order chi connectivity index (χ0) is 24.6. The number of ether oxygens (including phenoxy) is 2. The summed E-state index contributed by atoms with van der Waals surface area (Å²) in [5.41, 5.74) is 6.09. The first-order valence-electron chi connectivity index (χ1n) is 9.80. The first-order chi connectivity index (χ1) is 16.2. The highest BCUT2D eigenvalue weighted by Crippen LogP contribution is 2.45. The molecule has 0 radical (unpaired) electrons. The number of aryl methyl sites for hydroxylation is 1. The minimum Gasteiger partial charge on any atom is -0.481 e. The largest absolute Gasteiger partial charge is 0.481 e. The number of halogens is 5. The molecule has 0 fully saturated rings. The molecule has 0 saturated heterocycles. The first kappa shape index (κ1) is 23.5. The molecule has 0 bridgehead atoms. The van der Waals surface area contributed by atoms with Crippen LogP contribution in [0.25, 0.3) is 22.0 Å².